The Hall–Kier alpha value is -3.92. The van der Waals surface area contributed by atoms with Gasteiger partial charge in [0, 0.05) is 19.3 Å². The Morgan fingerprint density at radius 3 is 0.761 bits per heavy atom. The Kier molecular flexibility index (Phi) is 27.9. The zero-order chi connectivity index (χ0) is 47.9. The van der Waals surface area contributed by atoms with Crippen molar-refractivity contribution in [3.63, 3.8) is 0 Å². The molecule has 4 N–H and O–H groups in total. The molecule has 67 heavy (non-hydrogen) atoms. The van der Waals surface area contributed by atoms with Crippen molar-refractivity contribution < 1.29 is 20.4 Å². The minimum Gasteiger partial charge on any atom is -0.508 e. The summed E-state index contributed by atoms with van der Waals surface area (Å²) in [7, 11) is 0. The van der Waals surface area contributed by atoms with E-state index in [4.69, 9.17) is 0 Å². The first-order valence-corrected chi connectivity index (χ1v) is 28.0. The van der Waals surface area contributed by atoms with Crippen molar-refractivity contribution in [2.24, 2.45) is 0 Å². The maximum atomic E-state index is 12.2. The second-order valence-corrected chi connectivity index (χ2v) is 20.5. The number of phenols is 4. The normalized spacial score (nSPS) is 11.5. The summed E-state index contributed by atoms with van der Waals surface area (Å²) in [5.74, 6) is 1.07. The van der Waals surface area contributed by atoms with Gasteiger partial charge in [-0.1, -0.05) is 230 Å². The summed E-state index contributed by atoms with van der Waals surface area (Å²) >= 11 is 0. The van der Waals surface area contributed by atoms with Gasteiger partial charge in [-0.05, 0) is 119 Å². The molecule has 0 unspecified atom stereocenters. The van der Waals surface area contributed by atoms with E-state index in [2.05, 4.69) is 76.2 Å². The average molecular weight is 917 g/mol. The van der Waals surface area contributed by atoms with E-state index in [1.54, 1.807) is 0 Å². The minimum absolute atomic E-state index is 0.259. The number of rotatable bonds is 38. The molecule has 0 aliphatic heterocycles. The van der Waals surface area contributed by atoms with Crippen LogP contribution in [0.2, 0.25) is 0 Å². The molecule has 0 radical (unpaired) electrons. The van der Waals surface area contributed by atoms with Gasteiger partial charge in [0.2, 0.25) is 0 Å². The molecule has 0 saturated carbocycles. The zero-order valence-electron chi connectivity index (χ0n) is 43.3. The van der Waals surface area contributed by atoms with Gasteiger partial charge in [0.1, 0.15) is 23.0 Å². The summed E-state index contributed by atoms with van der Waals surface area (Å²) < 4.78 is 0. The molecule has 0 bridgehead atoms. The summed E-state index contributed by atoms with van der Waals surface area (Å²) in [5, 5.41) is 46.7. The lowest BCUT2D eigenvalue weighted by Crippen LogP contribution is -2.02. The fraction of sp³-hybridized carbons (Fsp3) is 0.619. The molecule has 0 fully saturated rings. The second-order valence-electron chi connectivity index (χ2n) is 20.5. The van der Waals surface area contributed by atoms with Crippen molar-refractivity contribution in [3.8, 4) is 23.0 Å². The molecule has 0 amide bonds. The smallest absolute Gasteiger partial charge is 0.122 e. The van der Waals surface area contributed by atoms with Crippen LogP contribution in [0.3, 0.4) is 0 Å². The van der Waals surface area contributed by atoms with E-state index in [0.717, 1.165) is 84.7 Å². The van der Waals surface area contributed by atoms with Gasteiger partial charge in [-0.2, -0.15) is 0 Å². The van der Waals surface area contributed by atoms with Gasteiger partial charge >= 0.3 is 0 Å². The van der Waals surface area contributed by atoms with Crippen molar-refractivity contribution in [1.29, 1.82) is 0 Å². The molecule has 4 nitrogen and oxygen atoms in total. The number of aromatic hydroxyl groups is 4. The highest BCUT2D eigenvalue weighted by Gasteiger charge is 2.19. The molecular formula is C63H96O4. The van der Waals surface area contributed by atoms with Crippen molar-refractivity contribution in [2.45, 2.75) is 252 Å². The molecule has 0 spiro atoms. The molecule has 0 atom stereocenters. The number of phenolic OH excluding ortho intramolecular Hbond substituents is 4. The van der Waals surface area contributed by atoms with Gasteiger partial charge in [-0.15, -0.1) is 0 Å². The minimum atomic E-state index is 0.259. The zero-order valence-corrected chi connectivity index (χ0v) is 43.3. The van der Waals surface area contributed by atoms with E-state index in [0.29, 0.717) is 19.3 Å². The SMILES string of the molecule is CCCCCCCCCc1ccc(O)c(Cc2cc(CCCCCCCCC)cc(Cc3cc(CCCCCCCCC)cc(Cc4cc(CCCCCCCCC)ccc4O)c3O)c2O)c1. The van der Waals surface area contributed by atoms with E-state index in [-0.39, 0.29) is 23.0 Å². The van der Waals surface area contributed by atoms with E-state index in [1.807, 2.05) is 12.1 Å². The topological polar surface area (TPSA) is 80.9 Å². The van der Waals surface area contributed by atoms with Crippen LogP contribution in [0.1, 0.15) is 263 Å². The summed E-state index contributed by atoms with van der Waals surface area (Å²) in [6.07, 6.45) is 40.3. The van der Waals surface area contributed by atoms with Crippen LogP contribution < -0.4 is 0 Å². The van der Waals surface area contributed by atoms with Gasteiger partial charge in [0.15, 0.2) is 0 Å². The summed E-state index contributed by atoms with van der Waals surface area (Å²) in [5.41, 5.74) is 9.91. The Labute approximate surface area is 410 Å². The predicted octanol–water partition coefficient (Wildman–Crippen LogP) is 18.5. The van der Waals surface area contributed by atoms with Crippen LogP contribution in [-0.2, 0) is 44.9 Å². The second kappa shape index (κ2) is 33.6. The van der Waals surface area contributed by atoms with Crippen molar-refractivity contribution in [1.82, 2.24) is 0 Å². The maximum Gasteiger partial charge on any atom is 0.122 e. The largest absolute Gasteiger partial charge is 0.508 e. The first kappa shape index (κ1) is 55.7. The summed E-state index contributed by atoms with van der Waals surface area (Å²) in [6, 6.07) is 20.8. The number of benzene rings is 4. The Balaban J connectivity index is 1.62. The van der Waals surface area contributed by atoms with Crippen LogP contribution in [0.4, 0.5) is 0 Å². The molecule has 4 heteroatoms. The van der Waals surface area contributed by atoms with Crippen LogP contribution in [0.25, 0.3) is 0 Å². The molecule has 0 aliphatic rings. The molecule has 4 aromatic carbocycles. The molecular weight excluding hydrogens is 821 g/mol. The Bertz CT molecular complexity index is 1800. The number of hydrogen-bond donors (Lipinski definition) is 4. The molecule has 0 heterocycles. The highest BCUT2D eigenvalue weighted by atomic mass is 16.3. The highest BCUT2D eigenvalue weighted by molar-refractivity contribution is 5.54. The number of aryl methyl sites for hydroxylation is 4. The van der Waals surface area contributed by atoms with E-state index in [1.165, 1.54) is 176 Å². The summed E-state index contributed by atoms with van der Waals surface area (Å²) in [6.45, 7) is 9.06. The number of hydrogen-bond acceptors (Lipinski definition) is 4. The van der Waals surface area contributed by atoms with Crippen LogP contribution in [0.5, 0.6) is 23.0 Å². The van der Waals surface area contributed by atoms with Gasteiger partial charge in [0.05, 0.1) is 0 Å². The third kappa shape index (κ3) is 21.5. The molecule has 0 saturated heterocycles. The van der Waals surface area contributed by atoms with Gasteiger partial charge < -0.3 is 20.4 Å². The first-order chi connectivity index (χ1) is 32.8. The quantitative estimate of drug-likeness (QED) is 0.0338. The molecule has 4 rings (SSSR count). The molecule has 0 aliphatic carbocycles. The van der Waals surface area contributed by atoms with Gasteiger partial charge in [0.25, 0.3) is 0 Å². The standard InChI is InChI=1S/C63H96O4/c1-5-9-13-17-21-25-29-33-50-37-39-60(64)54(41-50)47-56-43-52(35-31-27-23-19-15-11-7-3)45-58(62(56)66)49-59-46-53(36-32-28-24-20-16-12-8-4)44-57(63(59)67)48-55-42-51(38-40-61(55)65)34-30-26-22-18-14-10-6-2/h37-46,64-67H,5-36,47-49H2,1-4H3. The first-order valence-electron chi connectivity index (χ1n) is 28.0. The molecule has 4 aromatic rings. The van der Waals surface area contributed by atoms with Crippen molar-refractivity contribution >= 4 is 0 Å². The van der Waals surface area contributed by atoms with Crippen LogP contribution in [-0.4, -0.2) is 20.4 Å². The predicted molar refractivity (Wildman–Crippen MR) is 288 cm³/mol. The van der Waals surface area contributed by atoms with E-state index < -0.39 is 0 Å². The van der Waals surface area contributed by atoms with Crippen molar-refractivity contribution in [3.05, 3.63) is 116 Å². The lowest BCUT2D eigenvalue weighted by molar-refractivity contribution is 0.454. The van der Waals surface area contributed by atoms with Crippen LogP contribution in [0, 0.1) is 0 Å². The van der Waals surface area contributed by atoms with Crippen LogP contribution in [0.15, 0.2) is 60.7 Å². The van der Waals surface area contributed by atoms with Crippen molar-refractivity contribution in [2.75, 3.05) is 0 Å². The average Bonchev–Trinajstić information content (AvgIpc) is 3.32. The maximum absolute atomic E-state index is 12.2. The fourth-order valence-corrected chi connectivity index (χ4v) is 10.1. The monoisotopic (exact) mass is 917 g/mol. The lowest BCUT2D eigenvalue weighted by Gasteiger charge is -2.18. The van der Waals surface area contributed by atoms with Gasteiger partial charge in [-0.25, -0.2) is 0 Å². The third-order valence-corrected chi connectivity index (χ3v) is 14.4. The third-order valence-electron chi connectivity index (χ3n) is 14.4. The summed E-state index contributed by atoms with van der Waals surface area (Å²) in [4.78, 5) is 0. The Morgan fingerprint density at radius 2 is 0.478 bits per heavy atom. The van der Waals surface area contributed by atoms with E-state index in [9.17, 15) is 20.4 Å². The van der Waals surface area contributed by atoms with Gasteiger partial charge in [-0.3, -0.25) is 0 Å². The fourth-order valence-electron chi connectivity index (χ4n) is 10.1. The molecule has 372 valence electrons. The Morgan fingerprint density at radius 1 is 0.254 bits per heavy atom. The van der Waals surface area contributed by atoms with E-state index >= 15 is 0 Å². The molecule has 0 aromatic heterocycles. The lowest BCUT2D eigenvalue weighted by atomic mass is 9.89. The highest BCUT2D eigenvalue weighted by Crippen LogP contribution is 2.37. The number of unbranched alkanes of at least 4 members (excludes halogenated alkanes) is 24. The van der Waals surface area contributed by atoms with Crippen LogP contribution >= 0.6 is 0 Å².